The minimum absolute atomic E-state index is 0. The van der Waals surface area contributed by atoms with E-state index < -0.39 is 7.82 Å². The minimum atomic E-state index is -4.89. The van der Waals surface area contributed by atoms with Crippen LogP contribution in [-0.2, 0) is 21.6 Å². The van der Waals surface area contributed by atoms with Crippen molar-refractivity contribution in [3.63, 3.8) is 0 Å². The molecule has 0 amide bonds. The fraction of sp³-hybridized carbons (Fsp3) is 1.00. The van der Waals surface area contributed by atoms with E-state index in [1.807, 2.05) is 0 Å². The second-order valence-corrected chi connectivity index (χ2v) is 2.05. The molecule has 1 radical (unpaired) electrons. The zero-order valence-electron chi connectivity index (χ0n) is 9.11. The maximum atomic E-state index is 8.77. The maximum Gasteiger partial charge on any atom is 2.00 e. The van der Waals surface area contributed by atoms with Gasteiger partial charge in [-0.3, -0.25) is 4.57 Å². The standard InChI is InChI=1S/C2H8N2.Mn.4Na.H3O4P/c3-1-2-4;;;;;;1-5(2,3)4/h1-4H2;;;;;;(H3,1,2,3,4)/q;+2;4*+1;/p-1. The van der Waals surface area contributed by atoms with Crippen molar-refractivity contribution >= 4 is 7.82 Å². The van der Waals surface area contributed by atoms with Gasteiger partial charge in [-0.25, -0.2) is 0 Å². The van der Waals surface area contributed by atoms with Crippen molar-refractivity contribution in [2.24, 2.45) is 11.5 Å². The van der Waals surface area contributed by atoms with E-state index in [9.17, 15) is 0 Å². The summed E-state index contributed by atoms with van der Waals surface area (Å²) in [5.41, 5.74) is 9.81. The molecule has 0 bridgehead atoms. The summed E-state index contributed by atoms with van der Waals surface area (Å²) < 4.78 is 8.77. The van der Waals surface area contributed by atoms with Gasteiger partial charge in [0.2, 0.25) is 0 Å². The minimum Gasteiger partial charge on any atom is -0.756 e. The van der Waals surface area contributed by atoms with Crippen molar-refractivity contribution in [1.29, 1.82) is 0 Å². The number of hydrogen-bond donors (Lipinski definition) is 4. The third kappa shape index (κ3) is 130. The monoisotopic (exact) mass is 304 g/mol. The Morgan fingerprint density at radius 2 is 1.07 bits per heavy atom. The molecule has 0 fully saturated rings. The number of phosphoric acid groups is 1. The van der Waals surface area contributed by atoms with E-state index in [2.05, 4.69) is 0 Å². The van der Waals surface area contributed by atoms with Crippen molar-refractivity contribution in [2.45, 2.75) is 0 Å². The first-order valence-electron chi connectivity index (χ1n) is 2.08. The summed E-state index contributed by atoms with van der Waals surface area (Å²) in [6, 6.07) is 0. The van der Waals surface area contributed by atoms with Gasteiger partial charge < -0.3 is 26.1 Å². The van der Waals surface area contributed by atoms with E-state index in [1.165, 1.54) is 0 Å². The second-order valence-electron chi connectivity index (χ2n) is 1.07. The van der Waals surface area contributed by atoms with Gasteiger partial charge in [0.25, 0.3) is 7.82 Å². The van der Waals surface area contributed by atoms with E-state index in [1.54, 1.807) is 0 Å². The van der Waals surface area contributed by atoms with E-state index >= 15 is 0 Å². The van der Waals surface area contributed by atoms with Gasteiger partial charge in [-0.05, 0) is 0 Å². The molecule has 0 aromatic rings. The molecule has 14 heavy (non-hydrogen) atoms. The van der Waals surface area contributed by atoms with Gasteiger partial charge in [0.05, 0.1) is 0 Å². The fourth-order valence-electron chi connectivity index (χ4n) is 0. The quantitative estimate of drug-likeness (QED) is 0.281. The largest absolute Gasteiger partial charge is 2.00 e. The first-order chi connectivity index (χ1) is 3.91. The van der Waals surface area contributed by atoms with Gasteiger partial charge in [-0.15, -0.1) is 0 Å². The van der Waals surface area contributed by atoms with Crippen molar-refractivity contribution in [3.8, 4) is 0 Å². The zero-order chi connectivity index (χ0) is 7.91. The van der Waals surface area contributed by atoms with Crippen LogP contribution in [0.3, 0.4) is 0 Å². The summed E-state index contributed by atoms with van der Waals surface area (Å²) in [6.45, 7) is 1.19. The summed E-state index contributed by atoms with van der Waals surface area (Å²) in [7, 11) is -4.89. The molecule has 6 N–H and O–H groups in total. The van der Waals surface area contributed by atoms with Gasteiger partial charge in [0, 0.05) is 13.1 Å². The van der Waals surface area contributed by atoms with E-state index in [-0.39, 0.29) is 135 Å². The van der Waals surface area contributed by atoms with Crippen LogP contribution in [-0.4, -0.2) is 22.9 Å². The Balaban J connectivity index is -0.0000000104. The molecule has 0 saturated carbocycles. The van der Waals surface area contributed by atoms with Crippen LogP contribution in [0.4, 0.5) is 0 Å². The van der Waals surface area contributed by atoms with Crippen LogP contribution in [0.5, 0.6) is 0 Å². The fourth-order valence-corrected chi connectivity index (χ4v) is 0. The predicted octanol–water partition coefficient (Wildman–Crippen LogP) is -14.6. The summed E-state index contributed by atoms with van der Waals surface area (Å²) >= 11 is 0. The SMILES string of the molecule is NCCN.O=P([O-])(O)O.[Mn+2].[Na+].[Na+].[Na+].[Na+]. The third-order valence-corrected chi connectivity index (χ3v) is 0.167. The van der Waals surface area contributed by atoms with Gasteiger partial charge in [-0.2, -0.15) is 0 Å². The van der Waals surface area contributed by atoms with Crippen molar-refractivity contribution in [2.75, 3.05) is 13.1 Å². The topological polar surface area (TPSA) is 133 Å². The molecule has 0 rings (SSSR count). The third-order valence-electron chi connectivity index (χ3n) is 0.167. The van der Waals surface area contributed by atoms with E-state index in [0.29, 0.717) is 13.1 Å². The normalized spacial score (nSPS) is 6.36. The number of hydrogen-bond acceptors (Lipinski definition) is 4. The number of nitrogens with two attached hydrogens (primary N) is 2. The van der Waals surface area contributed by atoms with Crippen molar-refractivity contribution < 1.29 is 155 Å². The molecule has 0 spiro atoms. The van der Waals surface area contributed by atoms with Crippen LogP contribution in [0.15, 0.2) is 0 Å². The molecular weight excluding hydrogens is 294 g/mol. The van der Waals surface area contributed by atoms with Crippen LogP contribution in [0.1, 0.15) is 0 Å². The second kappa shape index (κ2) is 30.5. The molecule has 63 valence electrons. The summed E-state index contributed by atoms with van der Waals surface area (Å²) in [4.78, 5) is 22.9. The molecule has 12 heteroatoms. The average molecular weight is 304 g/mol. The van der Waals surface area contributed by atoms with Gasteiger partial charge in [0.1, 0.15) is 0 Å². The van der Waals surface area contributed by atoms with Crippen LogP contribution in [0.2, 0.25) is 0 Å². The smallest absolute Gasteiger partial charge is 0.756 e. The molecule has 0 saturated heterocycles. The summed E-state index contributed by atoms with van der Waals surface area (Å²) in [5.74, 6) is 0. The van der Waals surface area contributed by atoms with Crippen LogP contribution >= 0.6 is 7.82 Å². The first-order valence-corrected chi connectivity index (χ1v) is 3.61. The Morgan fingerprint density at radius 3 is 1.07 bits per heavy atom. The molecule has 0 unspecified atom stereocenters. The Kier molecular flexibility index (Phi) is 93.4. The Labute approximate surface area is 183 Å². The molecule has 6 nitrogen and oxygen atoms in total. The Morgan fingerprint density at radius 1 is 1.00 bits per heavy atom. The molecule has 0 aliphatic carbocycles. The van der Waals surface area contributed by atoms with Crippen molar-refractivity contribution in [1.82, 2.24) is 0 Å². The summed E-state index contributed by atoms with van der Waals surface area (Å²) in [6.07, 6.45) is 0. The van der Waals surface area contributed by atoms with Gasteiger partial charge >= 0.3 is 135 Å². The zero-order valence-corrected chi connectivity index (χ0v) is 19.2. The van der Waals surface area contributed by atoms with Crippen LogP contribution in [0, 0.1) is 0 Å². The first kappa shape index (κ1) is 42.8. The van der Waals surface area contributed by atoms with E-state index in [4.69, 9.17) is 30.7 Å². The average Bonchev–Trinajstić information content (AvgIpc) is 1.61. The molecule has 0 atom stereocenters. The molecule has 0 heterocycles. The van der Waals surface area contributed by atoms with Crippen molar-refractivity contribution in [3.05, 3.63) is 0 Å². The molecule has 0 aliphatic rings. The molecule has 0 aromatic heterocycles. The molecular formula is C2H10MnN2Na4O4P+5. The summed E-state index contributed by atoms with van der Waals surface area (Å²) in [5, 5.41) is 0. The number of rotatable bonds is 1. The van der Waals surface area contributed by atoms with Crippen LogP contribution < -0.4 is 135 Å². The van der Waals surface area contributed by atoms with Gasteiger partial charge in [-0.1, -0.05) is 0 Å². The Hall–Kier alpha value is 4.55. The Bertz CT molecular complexity index is 97.1. The molecule has 0 aliphatic heterocycles. The van der Waals surface area contributed by atoms with Crippen LogP contribution in [0.25, 0.3) is 0 Å². The van der Waals surface area contributed by atoms with E-state index in [0.717, 1.165) is 0 Å². The van der Waals surface area contributed by atoms with Gasteiger partial charge in [0.15, 0.2) is 0 Å². The predicted molar refractivity (Wildman–Crippen MR) is 30.2 cm³/mol. The maximum absolute atomic E-state index is 8.77. The molecule has 0 aromatic carbocycles.